The SMILES string of the molecule is CC1=CCC(S(=O)(=O)Nc2ccccc2)C=C1. The molecular formula is C13H15NO2S. The van der Waals surface area contributed by atoms with Crippen LogP contribution >= 0.6 is 0 Å². The van der Waals surface area contributed by atoms with Gasteiger partial charge in [0.1, 0.15) is 5.25 Å². The average molecular weight is 249 g/mol. The Balaban J connectivity index is 2.13. The third-order valence-electron chi connectivity index (χ3n) is 2.68. The third kappa shape index (κ3) is 2.97. The highest BCUT2D eigenvalue weighted by Crippen LogP contribution is 2.19. The zero-order valence-electron chi connectivity index (χ0n) is 9.63. The van der Waals surface area contributed by atoms with E-state index in [-0.39, 0.29) is 0 Å². The summed E-state index contributed by atoms with van der Waals surface area (Å²) < 4.78 is 26.7. The Morgan fingerprint density at radius 2 is 1.94 bits per heavy atom. The number of rotatable bonds is 3. The van der Waals surface area contributed by atoms with Gasteiger partial charge in [0.25, 0.3) is 0 Å². The van der Waals surface area contributed by atoms with Crippen LogP contribution in [0.5, 0.6) is 0 Å². The van der Waals surface area contributed by atoms with Crippen LogP contribution in [0.15, 0.2) is 54.1 Å². The largest absolute Gasteiger partial charge is 0.283 e. The van der Waals surface area contributed by atoms with E-state index < -0.39 is 15.3 Å². The van der Waals surface area contributed by atoms with Gasteiger partial charge in [0.15, 0.2) is 0 Å². The van der Waals surface area contributed by atoms with E-state index in [1.807, 2.05) is 25.1 Å². The Bertz CT molecular complexity index is 544. The summed E-state index contributed by atoms with van der Waals surface area (Å²) in [5.41, 5.74) is 1.71. The number of hydrogen-bond donors (Lipinski definition) is 1. The van der Waals surface area contributed by atoms with Crippen LogP contribution in [0, 0.1) is 0 Å². The molecule has 0 spiro atoms. The smallest absolute Gasteiger partial charge is 0.239 e. The van der Waals surface area contributed by atoms with E-state index in [0.717, 1.165) is 5.57 Å². The Kier molecular flexibility index (Phi) is 3.33. The number of hydrogen-bond acceptors (Lipinski definition) is 2. The monoisotopic (exact) mass is 249 g/mol. The summed E-state index contributed by atoms with van der Waals surface area (Å²) in [5, 5.41) is -0.480. The van der Waals surface area contributed by atoms with Crippen molar-refractivity contribution in [3.63, 3.8) is 0 Å². The van der Waals surface area contributed by atoms with Crippen LogP contribution in [0.4, 0.5) is 5.69 Å². The predicted octanol–water partition coefficient (Wildman–Crippen LogP) is 2.70. The lowest BCUT2D eigenvalue weighted by molar-refractivity contribution is 0.593. The summed E-state index contributed by atoms with van der Waals surface area (Å²) >= 11 is 0. The normalized spacial score (nSPS) is 19.8. The quantitative estimate of drug-likeness (QED) is 0.895. The molecule has 0 fully saturated rings. The minimum atomic E-state index is -3.34. The Morgan fingerprint density at radius 1 is 1.24 bits per heavy atom. The van der Waals surface area contributed by atoms with E-state index in [4.69, 9.17) is 0 Å². The first-order valence-corrected chi connectivity index (χ1v) is 7.04. The van der Waals surface area contributed by atoms with E-state index in [0.29, 0.717) is 12.1 Å². The van der Waals surface area contributed by atoms with Crippen molar-refractivity contribution in [2.24, 2.45) is 0 Å². The molecule has 0 saturated carbocycles. The fourth-order valence-corrected chi connectivity index (χ4v) is 2.94. The number of allylic oxidation sites excluding steroid dienone is 3. The van der Waals surface area contributed by atoms with Gasteiger partial charge < -0.3 is 0 Å². The van der Waals surface area contributed by atoms with Gasteiger partial charge in [-0.05, 0) is 25.5 Å². The van der Waals surface area contributed by atoms with Crippen molar-refractivity contribution < 1.29 is 8.42 Å². The van der Waals surface area contributed by atoms with Crippen LogP contribution in [0.3, 0.4) is 0 Å². The van der Waals surface area contributed by atoms with Crippen LogP contribution in [-0.2, 0) is 10.0 Å². The van der Waals surface area contributed by atoms with Crippen molar-refractivity contribution in [2.75, 3.05) is 4.72 Å². The maximum Gasteiger partial charge on any atom is 0.239 e. The Hall–Kier alpha value is -1.55. The summed E-state index contributed by atoms with van der Waals surface area (Å²) in [4.78, 5) is 0. The van der Waals surface area contributed by atoms with Gasteiger partial charge in [-0.1, -0.05) is 42.0 Å². The van der Waals surface area contributed by atoms with Gasteiger partial charge in [-0.3, -0.25) is 4.72 Å². The van der Waals surface area contributed by atoms with Crippen molar-refractivity contribution >= 4 is 15.7 Å². The van der Waals surface area contributed by atoms with Crippen molar-refractivity contribution in [3.05, 3.63) is 54.1 Å². The molecule has 1 aromatic carbocycles. The van der Waals surface area contributed by atoms with E-state index in [1.165, 1.54) is 0 Å². The molecule has 1 aromatic rings. The number of para-hydroxylation sites is 1. The minimum Gasteiger partial charge on any atom is -0.283 e. The molecule has 4 heteroatoms. The Labute approximate surface area is 102 Å². The highest BCUT2D eigenvalue weighted by Gasteiger charge is 2.23. The van der Waals surface area contributed by atoms with Gasteiger partial charge in [0.05, 0.1) is 0 Å². The van der Waals surface area contributed by atoms with Crippen molar-refractivity contribution in [1.29, 1.82) is 0 Å². The molecule has 17 heavy (non-hydrogen) atoms. The van der Waals surface area contributed by atoms with E-state index in [2.05, 4.69) is 4.72 Å². The molecule has 1 atom stereocenters. The number of benzene rings is 1. The fourth-order valence-electron chi connectivity index (χ4n) is 1.68. The first-order chi connectivity index (χ1) is 8.08. The molecule has 90 valence electrons. The predicted molar refractivity (Wildman–Crippen MR) is 70.3 cm³/mol. The van der Waals surface area contributed by atoms with Gasteiger partial charge >= 0.3 is 0 Å². The lowest BCUT2D eigenvalue weighted by Gasteiger charge is -2.17. The van der Waals surface area contributed by atoms with Gasteiger partial charge in [0, 0.05) is 5.69 Å². The van der Waals surface area contributed by atoms with Crippen LogP contribution in [-0.4, -0.2) is 13.7 Å². The molecule has 0 bridgehead atoms. The summed E-state index contributed by atoms with van der Waals surface area (Å²) in [6.07, 6.45) is 6.05. The maximum atomic E-state index is 12.1. The Morgan fingerprint density at radius 3 is 2.53 bits per heavy atom. The standard InChI is InChI=1S/C13H15NO2S/c1-11-7-9-13(10-8-11)17(15,16)14-12-5-3-2-4-6-12/h2-9,13-14H,10H2,1H3. The first kappa shape index (κ1) is 11.9. The minimum absolute atomic E-state index is 0.480. The highest BCUT2D eigenvalue weighted by atomic mass is 32.2. The molecule has 0 amide bonds. The van der Waals surface area contributed by atoms with Gasteiger partial charge in [-0.2, -0.15) is 0 Å². The molecule has 1 unspecified atom stereocenters. The van der Waals surface area contributed by atoms with Crippen LogP contribution in [0.1, 0.15) is 13.3 Å². The van der Waals surface area contributed by atoms with Crippen molar-refractivity contribution in [1.82, 2.24) is 0 Å². The van der Waals surface area contributed by atoms with E-state index in [9.17, 15) is 8.42 Å². The highest BCUT2D eigenvalue weighted by molar-refractivity contribution is 7.93. The summed E-state index contributed by atoms with van der Waals surface area (Å²) in [5.74, 6) is 0. The van der Waals surface area contributed by atoms with Crippen LogP contribution < -0.4 is 4.72 Å². The van der Waals surface area contributed by atoms with Crippen LogP contribution in [0.2, 0.25) is 0 Å². The third-order valence-corrected chi connectivity index (χ3v) is 4.35. The van der Waals surface area contributed by atoms with Crippen molar-refractivity contribution in [3.8, 4) is 0 Å². The fraction of sp³-hybridized carbons (Fsp3) is 0.231. The van der Waals surface area contributed by atoms with E-state index >= 15 is 0 Å². The molecular weight excluding hydrogens is 234 g/mol. The zero-order chi connectivity index (χ0) is 12.3. The molecule has 0 aromatic heterocycles. The number of anilines is 1. The second-order valence-corrected chi connectivity index (χ2v) is 5.99. The lowest BCUT2D eigenvalue weighted by Crippen LogP contribution is -2.26. The average Bonchev–Trinajstić information content (AvgIpc) is 2.30. The van der Waals surface area contributed by atoms with E-state index in [1.54, 1.807) is 30.3 Å². The van der Waals surface area contributed by atoms with Gasteiger partial charge in [-0.15, -0.1) is 0 Å². The first-order valence-electron chi connectivity index (χ1n) is 5.49. The molecule has 0 aliphatic heterocycles. The zero-order valence-corrected chi connectivity index (χ0v) is 10.4. The number of sulfonamides is 1. The summed E-state index contributed by atoms with van der Waals surface area (Å²) in [6.45, 7) is 1.96. The maximum absolute atomic E-state index is 12.1. The molecule has 1 aliphatic rings. The van der Waals surface area contributed by atoms with Gasteiger partial charge in [-0.25, -0.2) is 8.42 Å². The summed E-state index contributed by atoms with van der Waals surface area (Å²) in [6, 6.07) is 8.94. The molecule has 0 radical (unpaired) electrons. The molecule has 2 rings (SSSR count). The lowest BCUT2D eigenvalue weighted by atomic mass is 10.1. The topological polar surface area (TPSA) is 46.2 Å². The second kappa shape index (κ2) is 4.75. The molecule has 1 aliphatic carbocycles. The molecule has 0 heterocycles. The summed E-state index contributed by atoms with van der Waals surface area (Å²) in [7, 11) is -3.34. The second-order valence-electron chi connectivity index (χ2n) is 4.09. The molecule has 1 N–H and O–H groups in total. The van der Waals surface area contributed by atoms with Gasteiger partial charge in [0.2, 0.25) is 10.0 Å². The van der Waals surface area contributed by atoms with Crippen LogP contribution in [0.25, 0.3) is 0 Å². The molecule has 3 nitrogen and oxygen atoms in total. The number of nitrogens with one attached hydrogen (secondary N) is 1. The van der Waals surface area contributed by atoms with Crippen molar-refractivity contribution in [2.45, 2.75) is 18.6 Å². The molecule has 0 saturated heterocycles.